The van der Waals surface area contributed by atoms with Gasteiger partial charge in [0, 0.05) is 13.2 Å². The molecule has 1 heterocycles. The Morgan fingerprint density at radius 2 is 2.64 bits per heavy atom. The molecule has 1 aromatic heterocycles. The average molecular weight is 172 g/mol. The van der Waals surface area contributed by atoms with Gasteiger partial charge in [-0.1, -0.05) is 0 Å². The number of hydrogen-bond donors (Lipinski definition) is 1. The molecule has 0 spiro atoms. The molecule has 60 valence electrons. The van der Waals surface area contributed by atoms with Gasteiger partial charge in [-0.3, -0.25) is 4.79 Å². The molecule has 0 fully saturated rings. The van der Waals surface area contributed by atoms with E-state index in [0.717, 1.165) is 0 Å². The topological polar surface area (TPSA) is 46.9 Å². The molecular weight excluding hydrogens is 162 g/mol. The van der Waals surface area contributed by atoms with Gasteiger partial charge < -0.3 is 9.88 Å². The van der Waals surface area contributed by atoms with E-state index in [2.05, 4.69) is 22.9 Å². The minimum atomic E-state index is -0.0969. The standard InChI is InChI=1S/C6H9N3OS/c1-9-2-5(7-4-9)8-6(10)3-11/h2,4,11H,3H2,1H3,(H,8,10)/p+1. The number of aromatic nitrogens is 2. The van der Waals surface area contributed by atoms with Gasteiger partial charge in [0.2, 0.25) is 0 Å². The molecule has 1 rings (SSSR count). The maximum Gasteiger partial charge on any atom is 0.275 e. The van der Waals surface area contributed by atoms with E-state index in [1.807, 2.05) is 7.05 Å². The van der Waals surface area contributed by atoms with Crippen molar-refractivity contribution >= 4 is 24.4 Å². The highest BCUT2D eigenvalue weighted by Gasteiger charge is 2.02. The van der Waals surface area contributed by atoms with Crippen molar-refractivity contribution in [3.05, 3.63) is 12.5 Å². The second-order valence-corrected chi connectivity index (χ2v) is 2.50. The van der Waals surface area contributed by atoms with Crippen molar-refractivity contribution in [2.24, 2.45) is 7.05 Å². The summed E-state index contributed by atoms with van der Waals surface area (Å²) >= 11 is 3.08. The molecule has 0 unspecified atom stereocenters. The molecule has 11 heavy (non-hydrogen) atoms. The van der Waals surface area contributed by atoms with Crippen molar-refractivity contribution in [1.29, 1.82) is 0 Å². The van der Waals surface area contributed by atoms with Crippen molar-refractivity contribution in [2.45, 2.75) is 0 Å². The summed E-state index contributed by atoms with van der Waals surface area (Å²) in [6.07, 6.45) is 3.36. The molecule has 0 aliphatic heterocycles. The second kappa shape index (κ2) is 3.43. The van der Waals surface area contributed by atoms with Crippen LogP contribution in [0.5, 0.6) is 0 Å². The predicted octanol–water partition coefficient (Wildman–Crippen LogP) is -0.630. The highest BCUT2D eigenvalue weighted by Crippen LogP contribution is 1.99. The fourth-order valence-corrected chi connectivity index (χ4v) is 0.753. The first-order valence-electron chi connectivity index (χ1n) is 3.15. The largest absolute Gasteiger partial charge is 0.338 e. The molecular formula is C6H10N3OS+. The zero-order chi connectivity index (χ0) is 8.27. The van der Waals surface area contributed by atoms with Gasteiger partial charge in [-0.2, -0.15) is 0 Å². The fraction of sp³-hybridized carbons (Fsp3) is 0.333. The molecule has 0 aliphatic rings. The SMILES string of the molecule is Cn1cnc(NC(=O)C[SH2+])c1. The van der Waals surface area contributed by atoms with E-state index in [9.17, 15) is 4.79 Å². The van der Waals surface area contributed by atoms with Crippen molar-refractivity contribution < 1.29 is 4.79 Å². The Labute approximate surface area is 70.0 Å². The molecule has 0 bridgehead atoms. The first kappa shape index (κ1) is 8.13. The number of carbonyl (C=O) groups excluding carboxylic acids is 1. The zero-order valence-corrected chi connectivity index (χ0v) is 7.16. The maximum absolute atomic E-state index is 10.8. The van der Waals surface area contributed by atoms with Gasteiger partial charge in [0.1, 0.15) is 0 Å². The van der Waals surface area contributed by atoms with Gasteiger partial charge in [-0.05, 0) is 12.6 Å². The van der Waals surface area contributed by atoms with Gasteiger partial charge >= 0.3 is 0 Å². The first-order valence-corrected chi connectivity index (χ1v) is 3.85. The molecule has 0 aromatic carbocycles. The van der Waals surface area contributed by atoms with Crippen molar-refractivity contribution in [1.82, 2.24) is 9.55 Å². The summed E-state index contributed by atoms with van der Waals surface area (Å²) < 4.78 is 1.77. The molecule has 4 nitrogen and oxygen atoms in total. The van der Waals surface area contributed by atoms with E-state index in [4.69, 9.17) is 0 Å². The van der Waals surface area contributed by atoms with Crippen LogP contribution in [-0.2, 0) is 24.5 Å². The number of hydrogen-bond acceptors (Lipinski definition) is 2. The van der Waals surface area contributed by atoms with E-state index >= 15 is 0 Å². The molecule has 5 heteroatoms. The van der Waals surface area contributed by atoms with Gasteiger partial charge in [-0.15, -0.1) is 0 Å². The summed E-state index contributed by atoms with van der Waals surface area (Å²) in [7, 11) is 1.84. The fourth-order valence-electron chi connectivity index (χ4n) is 0.664. The lowest BCUT2D eigenvalue weighted by atomic mass is 10.6. The summed E-state index contributed by atoms with van der Waals surface area (Å²) in [4.78, 5) is 14.7. The normalized spacial score (nSPS) is 9.64. The molecule has 0 saturated carbocycles. The van der Waals surface area contributed by atoms with Crippen LogP contribution in [0.4, 0.5) is 5.82 Å². The lowest BCUT2D eigenvalue weighted by molar-refractivity contribution is -0.113. The smallest absolute Gasteiger partial charge is 0.275 e. The van der Waals surface area contributed by atoms with Crippen LogP contribution in [0.25, 0.3) is 0 Å². The Morgan fingerprint density at radius 1 is 1.91 bits per heavy atom. The van der Waals surface area contributed by atoms with Gasteiger partial charge in [0.15, 0.2) is 11.6 Å². The van der Waals surface area contributed by atoms with Crippen LogP contribution in [-0.4, -0.2) is 21.2 Å². The summed E-state index contributed by atoms with van der Waals surface area (Å²) in [5.74, 6) is 0.771. The van der Waals surface area contributed by atoms with Crippen LogP contribution in [0, 0.1) is 0 Å². The summed E-state index contributed by atoms with van der Waals surface area (Å²) in [6, 6.07) is 0. The van der Waals surface area contributed by atoms with Crippen molar-refractivity contribution in [2.75, 3.05) is 11.1 Å². The van der Waals surface area contributed by atoms with E-state index < -0.39 is 0 Å². The van der Waals surface area contributed by atoms with E-state index in [1.54, 1.807) is 17.1 Å². The summed E-state index contributed by atoms with van der Waals surface area (Å²) in [5, 5.41) is 2.59. The number of anilines is 1. The quantitative estimate of drug-likeness (QED) is 0.604. The van der Waals surface area contributed by atoms with Gasteiger partial charge in [-0.25, -0.2) is 4.98 Å². The molecule has 0 saturated heterocycles. The number of aryl methyl sites for hydroxylation is 1. The number of amides is 1. The Balaban J connectivity index is 2.57. The van der Waals surface area contributed by atoms with E-state index in [-0.39, 0.29) is 11.7 Å². The van der Waals surface area contributed by atoms with Crippen LogP contribution in [0.15, 0.2) is 12.5 Å². The highest BCUT2D eigenvalue weighted by molar-refractivity contribution is 7.59. The number of nitrogens with zero attached hydrogens (tertiary/aromatic N) is 2. The highest BCUT2D eigenvalue weighted by atomic mass is 32.1. The third-order valence-corrected chi connectivity index (χ3v) is 1.45. The molecule has 1 aromatic rings. The number of carbonyl (C=O) groups is 1. The molecule has 1 amide bonds. The third-order valence-electron chi connectivity index (χ3n) is 1.13. The van der Waals surface area contributed by atoms with Crippen molar-refractivity contribution in [3.8, 4) is 0 Å². The lowest BCUT2D eigenvalue weighted by Gasteiger charge is -1.93. The van der Waals surface area contributed by atoms with Crippen LogP contribution >= 0.6 is 0 Å². The average Bonchev–Trinajstić information content (AvgIpc) is 2.35. The second-order valence-electron chi connectivity index (χ2n) is 2.15. The monoisotopic (exact) mass is 172 g/mol. The lowest BCUT2D eigenvalue weighted by Crippen LogP contribution is -2.14. The van der Waals surface area contributed by atoms with E-state index in [1.165, 1.54) is 0 Å². The molecule has 0 atom stereocenters. The van der Waals surface area contributed by atoms with Crippen LogP contribution in [0.2, 0.25) is 0 Å². The minimum Gasteiger partial charge on any atom is -0.338 e. The maximum atomic E-state index is 10.8. The summed E-state index contributed by atoms with van der Waals surface area (Å²) in [5.41, 5.74) is 0. The van der Waals surface area contributed by atoms with Gasteiger partial charge in [0.25, 0.3) is 5.91 Å². The Kier molecular flexibility index (Phi) is 2.53. The summed E-state index contributed by atoms with van der Waals surface area (Å²) in [6.45, 7) is 0. The third kappa shape index (κ3) is 2.27. The molecule has 0 aliphatic carbocycles. The predicted molar refractivity (Wildman–Crippen MR) is 46.9 cm³/mol. The van der Waals surface area contributed by atoms with Crippen LogP contribution in [0.3, 0.4) is 0 Å². The molecule has 1 N–H and O–H groups in total. The number of nitrogens with one attached hydrogen (secondary N) is 1. The van der Waals surface area contributed by atoms with Crippen LogP contribution < -0.4 is 5.32 Å². The van der Waals surface area contributed by atoms with Crippen molar-refractivity contribution in [3.63, 3.8) is 0 Å². The van der Waals surface area contributed by atoms with Crippen LogP contribution in [0.1, 0.15) is 0 Å². The Bertz CT molecular complexity index is 258. The van der Waals surface area contributed by atoms with E-state index in [0.29, 0.717) is 5.82 Å². The number of imidazole rings is 1. The minimum absolute atomic E-state index is 0.0969. The Hall–Kier alpha value is -0.970. The molecule has 0 radical (unpaired) electrons. The zero-order valence-electron chi connectivity index (χ0n) is 6.16. The Morgan fingerprint density at radius 3 is 3.09 bits per heavy atom. The first-order chi connectivity index (χ1) is 5.22. The van der Waals surface area contributed by atoms with Gasteiger partial charge in [0.05, 0.1) is 6.33 Å². The number of rotatable bonds is 2.